The highest BCUT2D eigenvalue weighted by molar-refractivity contribution is 9.10. The summed E-state index contributed by atoms with van der Waals surface area (Å²) in [6.45, 7) is 1.28. The number of rotatable bonds is 6. The minimum Gasteiger partial charge on any atom is -0.384 e. The molecule has 2 aromatic heterocycles. The molecule has 0 amide bonds. The zero-order valence-electron chi connectivity index (χ0n) is 10.9. The predicted molar refractivity (Wildman–Crippen MR) is 78.4 cm³/mol. The van der Waals surface area contributed by atoms with Crippen LogP contribution in [0.5, 0.6) is 0 Å². The Morgan fingerprint density at radius 1 is 1.55 bits per heavy atom. The highest BCUT2D eigenvalue weighted by Gasteiger charge is 2.09. The normalized spacial score (nSPS) is 10.7. The quantitative estimate of drug-likeness (QED) is 0.707. The number of nitrogens with one attached hydrogen (secondary N) is 2. The van der Waals surface area contributed by atoms with E-state index in [-0.39, 0.29) is 5.56 Å². The van der Waals surface area contributed by atoms with Crippen molar-refractivity contribution < 1.29 is 4.74 Å². The molecule has 0 fully saturated rings. The molecule has 8 nitrogen and oxygen atoms in total. The van der Waals surface area contributed by atoms with E-state index in [0.717, 1.165) is 5.56 Å². The summed E-state index contributed by atoms with van der Waals surface area (Å²) in [4.78, 5) is 12.0. The maximum atomic E-state index is 12.0. The first-order valence-corrected chi connectivity index (χ1v) is 6.69. The highest BCUT2D eigenvalue weighted by Crippen LogP contribution is 2.18. The summed E-state index contributed by atoms with van der Waals surface area (Å²) in [7, 11) is 1.57. The van der Waals surface area contributed by atoms with Crippen molar-refractivity contribution in [3.8, 4) is 0 Å². The molecule has 0 aliphatic rings. The molecule has 0 unspecified atom stereocenters. The van der Waals surface area contributed by atoms with Crippen LogP contribution in [0.3, 0.4) is 0 Å². The van der Waals surface area contributed by atoms with Crippen molar-refractivity contribution in [2.75, 3.05) is 24.8 Å². The van der Waals surface area contributed by atoms with Crippen molar-refractivity contribution >= 4 is 27.4 Å². The first-order valence-electron chi connectivity index (χ1n) is 5.89. The number of aromatic amines is 1. The topological polar surface area (TPSA) is 111 Å². The molecule has 9 heteroatoms. The van der Waals surface area contributed by atoms with Crippen molar-refractivity contribution in [2.24, 2.45) is 0 Å². The first-order chi connectivity index (χ1) is 9.63. The van der Waals surface area contributed by atoms with Gasteiger partial charge in [-0.25, -0.2) is 4.68 Å². The smallest absolute Gasteiger partial charge is 0.283 e. The van der Waals surface area contributed by atoms with E-state index < -0.39 is 0 Å². The molecule has 0 radical (unpaired) electrons. The molecule has 0 bridgehead atoms. The third kappa shape index (κ3) is 3.17. The molecule has 2 rings (SSSR count). The van der Waals surface area contributed by atoms with Gasteiger partial charge in [-0.2, -0.15) is 10.2 Å². The Morgan fingerprint density at radius 3 is 3.00 bits per heavy atom. The number of methoxy groups -OCH3 is 1. The second-order valence-electron chi connectivity index (χ2n) is 4.06. The van der Waals surface area contributed by atoms with Crippen LogP contribution in [-0.4, -0.2) is 33.7 Å². The Kier molecular flexibility index (Phi) is 4.74. The van der Waals surface area contributed by atoms with Crippen molar-refractivity contribution in [3.05, 3.63) is 32.8 Å². The number of nitrogens with two attached hydrogens (primary N) is 1. The molecule has 4 N–H and O–H groups in total. The van der Waals surface area contributed by atoms with E-state index in [0.29, 0.717) is 35.7 Å². The summed E-state index contributed by atoms with van der Waals surface area (Å²) < 4.78 is 6.69. The van der Waals surface area contributed by atoms with Gasteiger partial charge in [0.2, 0.25) is 0 Å². The van der Waals surface area contributed by atoms with Crippen LogP contribution in [0.15, 0.2) is 21.7 Å². The van der Waals surface area contributed by atoms with Gasteiger partial charge in [0.15, 0.2) is 0 Å². The largest absolute Gasteiger partial charge is 0.384 e. The SMILES string of the molecule is COCCn1ncc(NCc2cn[nH]c2N)c(Br)c1=O. The van der Waals surface area contributed by atoms with Gasteiger partial charge in [-0.3, -0.25) is 9.89 Å². The fraction of sp³-hybridized carbons (Fsp3) is 0.364. The van der Waals surface area contributed by atoms with Gasteiger partial charge >= 0.3 is 0 Å². The molecule has 108 valence electrons. The molecule has 0 aromatic carbocycles. The third-order valence-corrected chi connectivity index (χ3v) is 3.48. The van der Waals surface area contributed by atoms with E-state index in [4.69, 9.17) is 10.5 Å². The van der Waals surface area contributed by atoms with Gasteiger partial charge in [-0.15, -0.1) is 0 Å². The number of anilines is 2. The summed E-state index contributed by atoms with van der Waals surface area (Å²) in [6, 6.07) is 0. The number of halogens is 1. The molecule has 0 saturated heterocycles. The van der Waals surface area contributed by atoms with E-state index in [2.05, 4.69) is 36.5 Å². The van der Waals surface area contributed by atoms with Crippen LogP contribution in [-0.2, 0) is 17.8 Å². The second kappa shape index (κ2) is 6.53. The summed E-state index contributed by atoms with van der Waals surface area (Å²) in [5.74, 6) is 0.495. The van der Waals surface area contributed by atoms with E-state index >= 15 is 0 Å². The Balaban J connectivity index is 2.11. The number of ether oxygens (including phenoxy) is 1. The second-order valence-corrected chi connectivity index (χ2v) is 4.85. The number of hydrogen-bond acceptors (Lipinski definition) is 6. The minimum atomic E-state index is -0.216. The molecule has 0 saturated carbocycles. The van der Waals surface area contributed by atoms with Crippen LogP contribution in [0.25, 0.3) is 0 Å². The molecular formula is C11H15BrN6O2. The lowest BCUT2D eigenvalue weighted by molar-refractivity contribution is 0.181. The highest BCUT2D eigenvalue weighted by atomic mass is 79.9. The van der Waals surface area contributed by atoms with E-state index in [1.807, 2.05) is 0 Å². The van der Waals surface area contributed by atoms with Gasteiger partial charge in [0.1, 0.15) is 10.3 Å². The molecule has 2 heterocycles. The summed E-state index contributed by atoms with van der Waals surface area (Å²) in [5, 5.41) is 13.6. The summed E-state index contributed by atoms with van der Waals surface area (Å²) >= 11 is 3.27. The Hall–Kier alpha value is -1.87. The zero-order valence-corrected chi connectivity index (χ0v) is 12.5. The first kappa shape index (κ1) is 14.5. The van der Waals surface area contributed by atoms with Gasteiger partial charge in [-0.1, -0.05) is 0 Å². The molecule has 2 aromatic rings. The van der Waals surface area contributed by atoms with Gasteiger partial charge in [0.25, 0.3) is 5.56 Å². The molecule has 20 heavy (non-hydrogen) atoms. The Morgan fingerprint density at radius 2 is 2.35 bits per heavy atom. The lowest BCUT2D eigenvalue weighted by Crippen LogP contribution is -2.26. The molecule has 0 atom stereocenters. The standard InChI is InChI=1S/C11H15BrN6O2/c1-20-3-2-18-11(19)9(12)8(6-16-18)14-4-7-5-15-17-10(7)13/h5-6,14H,2-4H2,1H3,(H3,13,15,17). The van der Waals surface area contributed by atoms with Gasteiger partial charge in [-0.05, 0) is 15.9 Å². The molecule has 0 aliphatic carbocycles. The number of aromatic nitrogens is 4. The monoisotopic (exact) mass is 342 g/mol. The number of H-pyrrole nitrogens is 1. The van der Waals surface area contributed by atoms with E-state index in [9.17, 15) is 4.79 Å². The lowest BCUT2D eigenvalue weighted by Gasteiger charge is -2.09. The Labute approximate surface area is 123 Å². The maximum Gasteiger partial charge on any atom is 0.283 e. The van der Waals surface area contributed by atoms with Crippen molar-refractivity contribution in [1.82, 2.24) is 20.0 Å². The van der Waals surface area contributed by atoms with Gasteiger partial charge < -0.3 is 15.8 Å². The van der Waals surface area contributed by atoms with Crippen LogP contribution in [0.1, 0.15) is 5.56 Å². The third-order valence-electron chi connectivity index (χ3n) is 2.71. The lowest BCUT2D eigenvalue weighted by atomic mass is 10.3. The van der Waals surface area contributed by atoms with Crippen molar-refractivity contribution in [3.63, 3.8) is 0 Å². The average Bonchev–Trinajstić information content (AvgIpc) is 2.85. The Bertz CT molecular complexity index is 638. The fourth-order valence-electron chi connectivity index (χ4n) is 1.58. The molecular weight excluding hydrogens is 328 g/mol. The van der Waals surface area contributed by atoms with Gasteiger partial charge in [0.05, 0.1) is 31.2 Å². The maximum absolute atomic E-state index is 12.0. The average molecular weight is 343 g/mol. The van der Waals surface area contributed by atoms with Crippen LogP contribution in [0.4, 0.5) is 11.5 Å². The molecule has 0 spiro atoms. The number of nitrogen functional groups attached to an aromatic ring is 1. The van der Waals surface area contributed by atoms with E-state index in [1.165, 1.54) is 4.68 Å². The van der Waals surface area contributed by atoms with Crippen LogP contribution in [0, 0.1) is 0 Å². The fourth-order valence-corrected chi connectivity index (χ4v) is 2.02. The summed E-state index contributed by atoms with van der Waals surface area (Å²) in [5.41, 5.74) is 6.89. The predicted octanol–water partition coefficient (Wildman–Crippen LogP) is 0.570. The number of nitrogens with zero attached hydrogens (tertiary/aromatic N) is 3. The minimum absolute atomic E-state index is 0.216. The van der Waals surface area contributed by atoms with Crippen LogP contribution >= 0.6 is 15.9 Å². The van der Waals surface area contributed by atoms with E-state index in [1.54, 1.807) is 19.5 Å². The summed E-state index contributed by atoms with van der Waals surface area (Å²) in [6.07, 6.45) is 3.21. The zero-order chi connectivity index (χ0) is 14.5. The van der Waals surface area contributed by atoms with Crippen LogP contribution in [0.2, 0.25) is 0 Å². The van der Waals surface area contributed by atoms with Gasteiger partial charge in [0, 0.05) is 19.2 Å². The van der Waals surface area contributed by atoms with Crippen molar-refractivity contribution in [1.29, 1.82) is 0 Å². The van der Waals surface area contributed by atoms with Crippen LogP contribution < -0.4 is 16.6 Å². The van der Waals surface area contributed by atoms with Crippen molar-refractivity contribution in [2.45, 2.75) is 13.1 Å². The molecule has 0 aliphatic heterocycles. The number of hydrogen-bond donors (Lipinski definition) is 3.